The highest BCUT2D eigenvalue weighted by molar-refractivity contribution is 8.13. The van der Waals surface area contributed by atoms with Crippen molar-refractivity contribution in [2.45, 2.75) is 82.1 Å². The Bertz CT molecular complexity index is 1270. The number of nitrogens with one attached hydrogen (secondary N) is 1. The van der Waals surface area contributed by atoms with Gasteiger partial charge in [-0.1, -0.05) is 121 Å². The van der Waals surface area contributed by atoms with E-state index in [-0.39, 0.29) is 21.8 Å². The number of benzene rings is 3. The fourth-order valence-corrected chi connectivity index (χ4v) is 6.97. The molecule has 3 rings (SSSR count). The van der Waals surface area contributed by atoms with Gasteiger partial charge in [-0.25, -0.2) is 13.1 Å². The summed E-state index contributed by atoms with van der Waals surface area (Å²) in [6.07, 6.45) is 0. The second kappa shape index (κ2) is 12.4. The standard InChI is InChI=1S/C31H39NO3S2/c1-20(2)25-18-27(21(3)4)30(28(19-25)22(5)6)36-31(33)23(7)29(24-14-10-8-11-15-24)32-37(34,35)26-16-12-9-13-17-26/h8-23,29,32H,1-7H3/t23-,29+/m1/s1. The maximum Gasteiger partial charge on any atom is 0.241 e. The van der Waals surface area contributed by atoms with Gasteiger partial charge in [-0.2, -0.15) is 0 Å². The van der Waals surface area contributed by atoms with Crippen molar-refractivity contribution in [1.29, 1.82) is 0 Å². The normalized spacial score (nSPS) is 13.8. The molecule has 198 valence electrons. The highest BCUT2D eigenvalue weighted by atomic mass is 32.2. The summed E-state index contributed by atoms with van der Waals surface area (Å²) in [5.41, 5.74) is 4.37. The fourth-order valence-electron chi connectivity index (χ4n) is 4.29. The minimum absolute atomic E-state index is 0.0642. The van der Waals surface area contributed by atoms with Crippen LogP contribution in [-0.2, 0) is 14.8 Å². The molecule has 3 aromatic rings. The van der Waals surface area contributed by atoms with Crippen LogP contribution in [0.1, 0.15) is 94.5 Å². The van der Waals surface area contributed by atoms with Gasteiger partial charge in [0.25, 0.3) is 0 Å². The summed E-state index contributed by atoms with van der Waals surface area (Å²) in [6.45, 7) is 14.8. The Morgan fingerprint density at radius 3 is 1.65 bits per heavy atom. The molecule has 3 aromatic carbocycles. The van der Waals surface area contributed by atoms with Crippen molar-refractivity contribution in [1.82, 2.24) is 4.72 Å². The molecule has 37 heavy (non-hydrogen) atoms. The molecule has 0 amide bonds. The largest absolute Gasteiger partial charge is 0.286 e. The van der Waals surface area contributed by atoms with Crippen molar-refractivity contribution in [3.8, 4) is 0 Å². The van der Waals surface area contributed by atoms with Crippen LogP contribution in [-0.4, -0.2) is 13.5 Å². The van der Waals surface area contributed by atoms with Crippen molar-refractivity contribution in [2.75, 3.05) is 0 Å². The molecule has 0 heterocycles. The molecule has 0 bridgehead atoms. The average molecular weight is 538 g/mol. The minimum Gasteiger partial charge on any atom is -0.286 e. The van der Waals surface area contributed by atoms with Crippen molar-refractivity contribution in [2.24, 2.45) is 5.92 Å². The van der Waals surface area contributed by atoms with Gasteiger partial charge in [0.1, 0.15) is 0 Å². The second-order valence-corrected chi connectivity index (χ2v) is 13.3. The van der Waals surface area contributed by atoms with Gasteiger partial charge in [0.05, 0.1) is 10.9 Å². The molecule has 4 nitrogen and oxygen atoms in total. The SMILES string of the molecule is CC(C)c1cc(C(C)C)c(SC(=O)[C@H](C)[C@H](NS(=O)(=O)c2ccccc2)c2ccccc2)c(C(C)C)c1. The predicted octanol–water partition coefficient (Wildman–Crippen LogP) is 8.03. The third-order valence-electron chi connectivity index (χ3n) is 6.65. The molecule has 0 aliphatic heterocycles. The Labute approximate surface area is 227 Å². The van der Waals surface area contributed by atoms with Crippen LogP contribution in [0.5, 0.6) is 0 Å². The van der Waals surface area contributed by atoms with Crippen LogP contribution < -0.4 is 4.72 Å². The molecule has 0 fully saturated rings. The molecule has 0 aromatic heterocycles. The summed E-state index contributed by atoms with van der Waals surface area (Å²) in [5.74, 6) is 0.292. The highest BCUT2D eigenvalue weighted by Gasteiger charge is 2.32. The summed E-state index contributed by atoms with van der Waals surface area (Å²) in [4.78, 5) is 15.0. The van der Waals surface area contributed by atoms with Crippen molar-refractivity contribution >= 4 is 26.9 Å². The average Bonchev–Trinajstić information content (AvgIpc) is 2.87. The van der Waals surface area contributed by atoms with E-state index < -0.39 is 22.0 Å². The lowest BCUT2D eigenvalue weighted by atomic mass is 9.89. The number of thioether (sulfide) groups is 1. The van der Waals surface area contributed by atoms with Crippen LogP contribution in [0.3, 0.4) is 0 Å². The molecule has 1 N–H and O–H groups in total. The number of sulfonamides is 1. The topological polar surface area (TPSA) is 63.2 Å². The molecule has 0 aliphatic rings. The number of hydrogen-bond donors (Lipinski definition) is 1. The molecule has 0 aliphatic carbocycles. The number of carbonyl (C=O) groups is 1. The smallest absolute Gasteiger partial charge is 0.241 e. The van der Waals surface area contributed by atoms with Crippen LogP contribution in [0, 0.1) is 5.92 Å². The molecule has 2 atom stereocenters. The van der Waals surface area contributed by atoms with Crippen molar-refractivity contribution < 1.29 is 13.2 Å². The maximum absolute atomic E-state index is 13.8. The van der Waals surface area contributed by atoms with Gasteiger partial charge in [0.2, 0.25) is 10.0 Å². The Kier molecular flexibility index (Phi) is 9.79. The molecule has 0 saturated carbocycles. The monoisotopic (exact) mass is 537 g/mol. The van der Waals surface area contributed by atoms with E-state index in [1.54, 1.807) is 30.3 Å². The molecule has 6 heteroatoms. The summed E-state index contributed by atoms with van der Waals surface area (Å²) >= 11 is 1.25. The Balaban J connectivity index is 2.01. The Morgan fingerprint density at radius 2 is 1.19 bits per heavy atom. The molecule has 0 radical (unpaired) electrons. The third kappa shape index (κ3) is 7.13. The maximum atomic E-state index is 13.8. The van der Waals surface area contributed by atoms with Crippen molar-refractivity contribution in [3.05, 3.63) is 95.1 Å². The third-order valence-corrected chi connectivity index (χ3v) is 9.35. The van der Waals surface area contributed by atoms with E-state index in [0.717, 1.165) is 10.5 Å². The van der Waals surface area contributed by atoms with Crippen LogP contribution in [0.15, 0.2) is 82.6 Å². The molecule has 0 spiro atoms. The van der Waals surface area contributed by atoms with Gasteiger partial charge in [0.15, 0.2) is 5.12 Å². The van der Waals surface area contributed by atoms with E-state index in [1.165, 1.54) is 28.5 Å². The zero-order chi connectivity index (χ0) is 27.3. The quantitative estimate of drug-likeness (QED) is 0.266. The van der Waals surface area contributed by atoms with Gasteiger partial charge in [0, 0.05) is 10.8 Å². The fraction of sp³-hybridized carbons (Fsp3) is 0.387. The van der Waals surface area contributed by atoms with Crippen LogP contribution in [0.25, 0.3) is 0 Å². The summed E-state index contributed by atoms with van der Waals surface area (Å²) in [6, 6.07) is 21.4. The minimum atomic E-state index is -3.83. The van der Waals surface area contributed by atoms with Gasteiger partial charge < -0.3 is 0 Å². The first-order valence-electron chi connectivity index (χ1n) is 12.9. The zero-order valence-electron chi connectivity index (χ0n) is 22.9. The molecule has 0 unspecified atom stereocenters. The summed E-state index contributed by atoms with van der Waals surface area (Å²) in [5, 5.41) is -0.0642. The van der Waals surface area contributed by atoms with Crippen molar-refractivity contribution in [3.63, 3.8) is 0 Å². The lowest BCUT2D eigenvalue weighted by Crippen LogP contribution is -2.35. The highest BCUT2D eigenvalue weighted by Crippen LogP contribution is 2.41. The van der Waals surface area contributed by atoms with Gasteiger partial charge in [-0.15, -0.1) is 0 Å². The number of hydrogen-bond acceptors (Lipinski definition) is 4. The molecule has 0 saturated heterocycles. The van der Waals surface area contributed by atoms with E-state index in [4.69, 9.17) is 0 Å². The van der Waals surface area contributed by atoms with E-state index in [0.29, 0.717) is 5.92 Å². The summed E-state index contributed by atoms with van der Waals surface area (Å²) < 4.78 is 29.3. The Morgan fingerprint density at radius 1 is 0.703 bits per heavy atom. The molecular weight excluding hydrogens is 498 g/mol. The number of rotatable bonds is 10. The van der Waals surface area contributed by atoms with E-state index in [9.17, 15) is 13.2 Å². The number of carbonyl (C=O) groups excluding carboxylic acids is 1. The van der Waals surface area contributed by atoms with Gasteiger partial charge in [-0.05, 0) is 52.1 Å². The second-order valence-electron chi connectivity index (χ2n) is 10.5. The van der Waals surface area contributed by atoms with Crippen LogP contribution >= 0.6 is 11.8 Å². The Hall–Kier alpha value is -2.41. The lowest BCUT2D eigenvalue weighted by molar-refractivity contribution is -0.114. The predicted molar refractivity (Wildman–Crippen MR) is 155 cm³/mol. The van der Waals surface area contributed by atoms with Crippen LogP contribution in [0.4, 0.5) is 0 Å². The lowest BCUT2D eigenvalue weighted by Gasteiger charge is -2.26. The zero-order valence-corrected chi connectivity index (χ0v) is 24.5. The summed E-state index contributed by atoms with van der Waals surface area (Å²) in [7, 11) is -3.83. The van der Waals surface area contributed by atoms with Gasteiger partial charge in [-0.3, -0.25) is 4.79 Å². The van der Waals surface area contributed by atoms with E-state index in [1.807, 2.05) is 37.3 Å². The first-order chi connectivity index (χ1) is 17.4. The first-order valence-corrected chi connectivity index (χ1v) is 15.2. The molecular formula is C31H39NO3S2. The van der Waals surface area contributed by atoms with Crippen LogP contribution in [0.2, 0.25) is 0 Å². The van der Waals surface area contributed by atoms with E-state index in [2.05, 4.69) is 58.4 Å². The van der Waals surface area contributed by atoms with Gasteiger partial charge >= 0.3 is 0 Å². The first kappa shape index (κ1) is 29.2. The van der Waals surface area contributed by atoms with E-state index >= 15 is 0 Å².